The second kappa shape index (κ2) is 9.92. The number of allylic oxidation sites excluding steroid dienone is 3. The number of hydrogen-bond acceptors (Lipinski definition) is 8. The minimum Gasteiger partial charge on any atom is -0.481 e. The van der Waals surface area contributed by atoms with E-state index in [1.54, 1.807) is 26.3 Å². The van der Waals surface area contributed by atoms with Crippen molar-refractivity contribution in [3.8, 4) is 17.3 Å². The lowest BCUT2D eigenvalue weighted by molar-refractivity contribution is 0.388. The molecule has 224 valence electrons. The molecule has 1 aromatic carbocycles. The van der Waals surface area contributed by atoms with E-state index >= 15 is 0 Å². The van der Waals surface area contributed by atoms with Crippen molar-refractivity contribution in [2.24, 2.45) is 7.05 Å². The largest absolute Gasteiger partial charge is 0.481 e. The van der Waals surface area contributed by atoms with Gasteiger partial charge >= 0.3 is 0 Å². The number of rotatable bonds is 6. The molecule has 0 bridgehead atoms. The lowest BCUT2D eigenvalue weighted by Crippen LogP contribution is -2.39. The average Bonchev–Trinajstić information content (AvgIpc) is 3.63. The predicted octanol–water partition coefficient (Wildman–Crippen LogP) is 5.56. The zero-order chi connectivity index (χ0) is 30.3. The Morgan fingerprint density at radius 2 is 1.95 bits per heavy atom. The van der Waals surface area contributed by atoms with Crippen molar-refractivity contribution in [3.63, 3.8) is 0 Å². The Kier molecular flexibility index (Phi) is 6.48. The van der Waals surface area contributed by atoms with Crippen molar-refractivity contribution in [1.82, 2.24) is 28.9 Å². The van der Waals surface area contributed by atoms with Crippen molar-refractivity contribution in [2.75, 3.05) is 18.6 Å². The van der Waals surface area contributed by atoms with Gasteiger partial charge in [-0.2, -0.15) is 19.3 Å². The Labute approximate surface area is 256 Å². The number of aryl methyl sites for hydroxylation is 1. The molecule has 1 saturated carbocycles. The van der Waals surface area contributed by atoms with E-state index < -0.39 is 14.8 Å². The number of benzene rings is 1. The molecule has 1 aliphatic heterocycles. The van der Waals surface area contributed by atoms with Crippen LogP contribution in [0.25, 0.3) is 22.3 Å². The predicted molar refractivity (Wildman–Crippen MR) is 167 cm³/mol. The number of nitrogens with zero attached hydrogens (tertiary/aromatic N) is 7. The van der Waals surface area contributed by atoms with E-state index in [0.29, 0.717) is 53.5 Å². The highest BCUT2D eigenvalue weighted by Crippen LogP contribution is 2.46. The molecular weight excluding hydrogens is 586 g/mol. The first-order valence-corrected chi connectivity index (χ1v) is 16.3. The fourth-order valence-corrected chi connectivity index (χ4v) is 8.83. The van der Waals surface area contributed by atoms with Crippen LogP contribution in [0, 0.1) is 0 Å². The fourth-order valence-electron chi connectivity index (χ4n) is 6.67. The molecule has 0 radical (unpaired) electrons. The topological polar surface area (TPSA) is 108 Å². The van der Waals surface area contributed by atoms with Crippen LogP contribution in [-0.4, -0.2) is 55.8 Å². The molecular formula is C31H34ClN7O3S. The quantitative estimate of drug-likeness (QED) is 0.276. The number of methoxy groups -OCH3 is 1. The third-order valence-corrected chi connectivity index (χ3v) is 11.3. The van der Waals surface area contributed by atoms with Crippen LogP contribution in [0.5, 0.6) is 5.88 Å². The number of hydrogen-bond donors (Lipinski definition) is 0. The van der Waals surface area contributed by atoms with Crippen LogP contribution in [-0.2, 0) is 30.0 Å². The van der Waals surface area contributed by atoms with Gasteiger partial charge in [0.05, 0.1) is 42.3 Å². The lowest BCUT2D eigenvalue weighted by atomic mass is 9.92. The smallest absolute Gasteiger partial charge is 0.263 e. The molecule has 2 aliphatic carbocycles. The van der Waals surface area contributed by atoms with E-state index in [4.69, 9.17) is 31.4 Å². The number of aromatic nitrogens is 6. The first kappa shape index (κ1) is 28.1. The summed E-state index contributed by atoms with van der Waals surface area (Å²) in [7, 11) is -0.335. The minimum absolute atomic E-state index is 0.405. The maximum Gasteiger partial charge on any atom is 0.263 e. The maximum absolute atomic E-state index is 14.0. The Hall–Kier alpha value is -3.70. The lowest BCUT2D eigenvalue weighted by Gasteiger charge is -2.31. The van der Waals surface area contributed by atoms with Gasteiger partial charge < -0.3 is 9.64 Å². The third kappa shape index (κ3) is 4.47. The van der Waals surface area contributed by atoms with Gasteiger partial charge in [0.1, 0.15) is 15.6 Å². The zero-order valence-electron chi connectivity index (χ0n) is 24.9. The molecule has 0 saturated heterocycles. The van der Waals surface area contributed by atoms with Crippen LogP contribution >= 0.6 is 11.6 Å². The highest BCUT2D eigenvalue weighted by atomic mass is 35.5. The summed E-state index contributed by atoms with van der Waals surface area (Å²) in [6.07, 6.45) is 8.77. The first-order valence-electron chi connectivity index (χ1n) is 14.5. The van der Waals surface area contributed by atoms with Crippen molar-refractivity contribution >= 4 is 38.3 Å². The van der Waals surface area contributed by atoms with Crippen LogP contribution in [0.3, 0.4) is 0 Å². The Morgan fingerprint density at radius 3 is 2.67 bits per heavy atom. The highest BCUT2D eigenvalue weighted by Gasteiger charge is 2.42. The van der Waals surface area contributed by atoms with E-state index in [1.807, 2.05) is 49.9 Å². The summed E-state index contributed by atoms with van der Waals surface area (Å²) in [6, 6.07) is 5.49. The molecule has 1 unspecified atom stereocenters. The molecule has 0 spiro atoms. The molecule has 10 nitrogen and oxygen atoms in total. The number of ether oxygens (including phenoxy) is 1. The van der Waals surface area contributed by atoms with E-state index in [9.17, 15) is 8.42 Å². The van der Waals surface area contributed by atoms with E-state index in [2.05, 4.69) is 10.00 Å². The van der Waals surface area contributed by atoms with Gasteiger partial charge in [0, 0.05) is 36.9 Å². The van der Waals surface area contributed by atoms with Crippen molar-refractivity contribution in [3.05, 3.63) is 69.7 Å². The van der Waals surface area contributed by atoms with E-state index in [0.717, 1.165) is 62.4 Å². The average molecular weight is 620 g/mol. The molecule has 4 aromatic rings. The molecule has 1 atom stereocenters. The van der Waals surface area contributed by atoms with Gasteiger partial charge in [0.2, 0.25) is 5.88 Å². The summed E-state index contributed by atoms with van der Waals surface area (Å²) in [6.45, 7) is 6.90. The van der Waals surface area contributed by atoms with Crippen LogP contribution in [0.4, 0.5) is 5.82 Å². The van der Waals surface area contributed by atoms with Crippen LogP contribution in [0.15, 0.2) is 47.7 Å². The van der Waals surface area contributed by atoms with Gasteiger partial charge in [-0.15, -0.1) is 0 Å². The molecule has 3 aliphatic rings. The number of fused-ring (bicyclic) bond motifs is 2. The fraction of sp³-hybridized carbons (Fsp3) is 0.419. The highest BCUT2D eigenvalue weighted by molar-refractivity contribution is 7.91. The number of halogens is 1. The summed E-state index contributed by atoms with van der Waals surface area (Å²) in [5.74, 6) is 2.32. The molecule has 1 fully saturated rings. The molecule has 0 N–H and O–H groups in total. The molecule has 12 heteroatoms. The molecule has 4 heterocycles. The summed E-state index contributed by atoms with van der Waals surface area (Å²) in [4.78, 5) is 12.0. The van der Waals surface area contributed by atoms with Crippen LogP contribution < -0.4 is 9.64 Å². The van der Waals surface area contributed by atoms with Crippen molar-refractivity contribution < 1.29 is 13.2 Å². The van der Waals surface area contributed by atoms with Gasteiger partial charge in [-0.25, -0.2) is 13.4 Å². The van der Waals surface area contributed by atoms with Gasteiger partial charge in [-0.05, 0) is 46.1 Å². The maximum atomic E-state index is 14.0. The molecule has 7 rings (SSSR count). The molecule has 43 heavy (non-hydrogen) atoms. The Balaban J connectivity index is 1.26. The number of anilines is 1. The van der Waals surface area contributed by atoms with E-state index in [1.165, 1.54) is 0 Å². The van der Waals surface area contributed by atoms with Crippen molar-refractivity contribution in [1.29, 1.82) is 0 Å². The summed E-state index contributed by atoms with van der Waals surface area (Å²) in [5.41, 5.74) is 5.91. The normalized spacial score (nSPS) is 20.7. The second-order valence-electron chi connectivity index (χ2n) is 12.2. The summed E-state index contributed by atoms with van der Waals surface area (Å²) in [5, 5.41) is 10.5. The Morgan fingerprint density at radius 1 is 1.16 bits per heavy atom. The SMILES string of the molecule is COc1nc(-c2cccc3c2cnn3S(=O)(=O)C2(C)C=C(C)C=C(C)C2)nc2c1CN(c1c(Cl)c(C3CC3)nn1C)CC2. The minimum atomic E-state index is -3.88. The monoisotopic (exact) mass is 619 g/mol. The second-order valence-corrected chi connectivity index (χ2v) is 14.8. The molecule has 3 aromatic heterocycles. The standard InChI is InChI=1S/C31H34ClN7O3S/c1-18-13-19(2)15-31(3,14-18)43(40,41)39-25-8-6-7-21(22(25)16-33-39)28-34-24-11-12-38(17-23(24)29(35-28)42-5)30-26(32)27(20-9-10-20)36-37(30)4/h6-8,13-14,16,20H,9-12,15,17H2,1-5H3. The Bertz CT molecular complexity index is 1950. The zero-order valence-corrected chi connectivity index (χ0v) is 26.5. The van der Waals surface area contributed by atoms with Crippen LogP contribution in [0.2, 0.25) is 5.02 Å². The summed E-state index contributed by atoms with van der Waals surface area (Å²) >= 11 is 6.82. The van der Waals surface area contributed by atoms with Gasteiger partial charge in [0.25, 0.3) is 10.0 Å². The van der Waals surface area contributed by atoms with Crippen molar-refractivity contribution in [2.45, 2.75) is 63.7 Å². The third-order valence-electron chi connectivity index (χ3n) is 8.74. The van der Waals surface area contributed by atoms with Gasteiger partial charge in [-0.1, -0.05) is 47.0 Å². The van der Waals surface area contributed by atoms with Gasteiger partial charge in [-0.3, -0.25) is 4.68 Å². The summed E-state index contributed by atoms with van der Waals surface area (Å²) < 4.78 is 35.7. The van der Waals surface area contributed by atoms with E-state index in [-0.39, 0.29) is 0 Å². The van der Waals surface area contributed by atoms with Crippen LogP contribution in [0.1, 0.15) is 62.9 Å². The first-order chi connectivity index (χ1) is 20.5. The van der Waals surface area contributed by atoms with Gasteiger partial charge in [0.15, 0.2) is 5.82 Å². The molecule has 0 amide bonds.